The highest BCUT2D eigenvalue weighted by Gasteiger charge is 2.55. The molecular weight excluding hydrogens is 300 g/mol. The zero-order valence-electron chi connectivity index (χ0n) is 14.5. The first-order chi connectivity index (χ1) is 11.7. The van der Waals surface area contributed by atoms with Crippen LogP contribution in [0.4, 0.5) is 4.79 Å². The zero-order chi connectivity index (χ0) is 16.7. The maximum Gasteiger partial charge on any atom is 0.317 e. The van der Waals surface area contributed by atoms with Crippen molar-refractivity contribution >= 4 is 6.03 Å². The Labute approximate surface area is 144 Å². The third-order valence-electron chi connectivity index (χ3n) is 6.89. The van der Waals surface area contributed by atoms with Crippen molar-refractivity contribution in [2.24, 2.45) is 17.3 Å². The van der Waals surface area contributed by atoms with Gasteiger partial charge in [-0.25, -0.2) is 4.79 Å². The van der Waals surface area contributed by atoms with E-state index in [9.17, 15) is 9.90 Å². The van der Waals surface area contributed by atoms with E-state index in [4.69, 9.17) is 0 Å². The maximum atomic E-state index is 12.4. The molecule has 1 saturated heterocycles. The van der Waals surface area contributed by atoms with Gasteiger partial charge >= 0.3 is 6.03 Å². The van der Waals surface area contributed by atoms with Crippen molar-refractivity contribution in [1.82, 2.24) is 10.2 Å². The number of aliphatic hydroxyl groups is 1. The SMILES string of the molecule is CCC1(CO)CCN(C(=O)NCC2C3Cc4ccccc4C23)CC1. The number of rotatable bonds is 4. The summed E-state index contributed by atoms with van der Waals surface area (Å²) in [5, 5.41) is 12.8. The Kier molecular flexibility index (Phi) is 4.03. The molecule has 1 aliphatic heterocycles. The van der Waals surface area contributed by atoms with Gasteiger partial charge in [0.1, 0.15) is 0 Å². The van der Waals surface area contributed by atoms with Crippen LogP contribution in [0.2, 0.25) is 0 Å². The molecule has 1 saturated carbocycles. The van der Waals surface area contributed by atoms with E-state index in [2.05, 4.69) is 36.5 Å². The molecule has 0 radical (unpaired) electrons. The van der Waals surface area contributed by atoms with E-state index in [0.29, 0.717) is 11.8 Å². The fourth-order valence-corrected chi connectivity index (χ4v) is 4.89. The number of fused-ring (bicyclic) bond motifs is 3. The van der Waals surface area contributed by atoms with E-state index >= 15 is 0 Å². The molecule has 1 aromatic carbocycles. The molecule has 0 spiro atoms. The lowest BCUT2D eigenvalue weighted by Gasteiger charge is -2.40. The first-order valence-electron chi connectivity index (χ1n) is 9.39. The van der Waals surface area contributed by atoms with Gasteiger partial charge in [0.2, 0.25) is 0 Å². The first kappa shape index (κ1) is 15.9. The standard InChI is InChI=1S/C20H28N2O2/c1-2-20(13-23)7-9-22(10-8-20)19(24)21-12-17-16-11-14-5-3-4-6-15(14)18(16)17/h3-6,16-18,23H,2,7-13H2,1H3,(H,21,24). The summed E-state index contributed by atoms with van der Waals surface area (Å²) in [4.78, 5) is 14.4. The van der Waals surface area contributed by atoms with E-state index < -0.39 is 0 Å². The Hall–Kier alpha value is -1.55. The zero-order valence-corrected chi connectivity index (χ0v) is 14.5. The smallest absolute Gasteiger partial charge is 0.317 e. The van der Waals surface area contributed by atoms with Gasteiger partial charge in [0, 0.05) is 26.2 Å². The Balaban J connectivity index is 1.26. The second-order valence-corrected chi connectivity index (χ2v) is 7.94. The number of amides is 2. The van der Waals surface area contributed by atoms with Crippen LogP contribution >= 0.6 is 0 Å². The summed E-state index contributed by atoms with van der Waals surface area (Å²) in [6, 6.07) is 8.83. The number of benzene rings is 1. The molecule has 0 aromatic heterocycles. The molecule has 4 rings (SSSR count). The minimum absolute atomic E-state index is 0.0357. The van der Waals surface area contributed by atoms with Crippen LogP contribution < -0.4 is 5.32 Å². The van der Waals surface area contributed by atoms with Gasteiger partial charge in [-0.05, 0) is 60.0 Å². The highest BCUT2D eigenvalue weighted by Crippen LogP contribution is 2.60. The predicted octanol–water partition coefficient (Wildman–Crippen LogP) is 2.77. The highest BCUT2D eigenvalue weighted by molar-refractivity contribution is 5.74. The molecule has 4 nitrogen and oxygen atoms in total. The molecule has 3 unspecified atom stereocenters. The minimum atomic E-state index is 0.0357. The molecule has 1 aromatic rings. The van der Waals surface area contributed by atoms with Crippen molar-refractivity contribution < 1.29 is 9.90 Å². The molecule has 0 bridgehead atoms. The van der Waals surface area contributed by atoms with Gasteiger partial charge in [0.25, 0.3) is 0 Å². The van der Waals surface area contributed by atoms with Gasteiger partial charge in [-0.15, -0.1) is 0 Å². The van der Waals surface area contributed by atoms with Crippen LogP contribution in [-0.2, 0) is 6.42 Å². The van der Waals surface area contributed by atoms with Gasteiger partial charge in [-0.3, -0.25) is 0 Å². The van der Waals surface area contributed by atoms with Crippen molar-refractivity contribution in [2.45, 2.75) is 38.5 Å². The number of likely N-dealkylation sites (tertiary alicyclic amines) is 1. The largest absolute Gasteiger partial charge is 0.396 e. The van der Waals surface area contributed by atoms with Crippen molar-refractivity contribution in [3.63, 3.8) is 0 Å². The molecule has 2 fully saturated rings. The maximum absolute atomic E-state index is 12.4. The molecule has 1 heterocycles. The van der Waals surface area contributed by atoms with Gasteiger partial charge in [-0.2, -0.15) is 0 Å². The van der Waals surface area contributed by atoms with Gasteiger partial charge in [-0.1, -0.05) is 31.2 Å². The van der Waals surface area contributed by atoms with Crippen LogP contribution in [0.3, 0.4) is 0 Å². The molecule has 2 aliphatic carbocycles. The quantitative estimate of drug-likeness (QED) is 0.893. The van der Waals surface area contributed by atoms with E-state index in [1.807, 2.05) is 4.90 Å². The van der Waals surface area contributed by atoms with Gasteiger partial charge in [0.15, 0.2) is 0 Å². The molecule has 130 valence electrons. The summed E-state index contributed by atoms with van der Waals surface area (Å²) in [5.74, 6) is 2.04. The fraction of sp³-hybridized carbons (Fsp3) is 0.650. The lowest BCUT2D eigenvalue weighted by Crippen LogP contribution is -2.48. The van der Waals surface area contributed by atoms with Crippen LogP contribution in [0.1, 0.15) is 43.2 Å². The molecule has 2 N–H and O–H groups in total. The summed E-state index contributed by atoms with van der Waals surface area (Å²) in [6.45, 7) is 4.71. The van der Waals surface area contributed by atoms with Crippen LogP contribution in [-0.4, -0.2) is 42.3 Å². The van der Waals surface area contributed by atoms with Crippen molar-refractivity contribution in [1.29, 1.82) is 0 Å². The monoisotopic (exact) mass is 328 g/mol. The minimum Gasteiger partial charge on any atom is -0.396 e. The summed E-state index contributed by atoms with van der Waals surface area (Å²) < 4.78 is 0. The van der Waals surface area contributed by atoms with Crippen LogP contribution in [0, 0.1) is 17.3 Å². The second-order valence-electron chi connectivity index (χ2n) is 7.94. The van der Waals surface area contributed by atoms with Gasteiger partial charge in [0.05, 0.1) is 0 Å². The molecule has 3 atom stereocenters. The van der Waals surface area contributed by atoms with Crippen LogP contribution in [0.15, 0.2) is 24.3 Å². The van der Waals surface area contributed by atoms with Crippen molar-refractivity contribution in [3.05, 3.63) is 35.4 Å². The molecular formula is C20H28N2O2. The van der Waals surface area contributed by atoms with Crippen molar-refractivity contribution in [3.8, 4) is 0 Å². The lowest BCUT2D eigenvalue weighted by atomic mass is 9.77. The fourth-order valence-electron chi connectivity index (χ4n) is 4.89. The molecule has 2 amide bonds. The average molecular weight is 328 g/mol. The van der Waals surface area contributed by atoms with Crippen LogP contribution in [0.5, 0.6) is 0 Å². The molecule has 24 heavy (non-hydrogen) atoms. The second kappa shape index (κ2) is 6.07. The topological polar surface area (TPSA) is 52.6 Å². The molecule has 3 aliphatic rings. The van der Waals surface area contributed by atoms with E-state index in [1.165, 1.54) is 17.5 Å². The number of nitrogens with one attached hydrogen (secondary N) is 1. The average Bonchev–Trinajstić information content (AvgIpc) is 3.17. The highest BCUT2D eigenvalue weighted by atomic mass is 16.3. The first-order valence-corrected chi connectivity index (χ1v) is 9.39. The lowest BCUT2D eigenvalue weighted by molar-refractivity contribution is 0.0519. The summed E-state index contributed by atoms with van der Waals surface area (Å²) in [7, 11) is 0. The third-order valence-corrected chi connectivity index (χ3v) is 6.89. The number of carbonyl (C=O) groups excluding carboxylic acids is 1. The van der Waals surface area contributed by atoms with E-state index in [1.54, 1.807) is 0 Å². The van der Waals surface area contributed by atoms with E-state index in [-0.39, 0.29) is 18.1 Å². The predicted molar refractivity (Wildman–Crippen MR) is 93.9 cm³/mol. The number of hydrogen-bond donors (Lipinski definition) is 2. The Morgan fingerprint density at radius 3 is 2.79 bits per heavy atom. The van der Waals surface area contributed by atoms with E-state index in [0.717, 1.165) is 44.8 Å². The Bertz CT molecular complexity index is 616. The summed E-state index contributed by atoms with van der Waals surface area (Å²) in [6.07, 6.45) is 4.00. The summed E-state index contributed by atoms with van der Waals surface area (Å²) in [5.41, 5.74) is 3.05. The Morgan fingerprint density at radius 2 is 2.08 bits per heavy atom. The normalized spacial score (nSPS) is 29.8. The Morgan fingerprint density at radius 1 is 1.33 bits per heavy atom. The van der Waals surface area contributed by atoms with Crippen molar-refractivity contribution in [2.75, 3.05) is 26.2 Å². The number of hydrogen-bond acceptors (Lipinski definition) is 2. The third kappa shape index (κ3) is 2.61. The van der Waals surface area contributed by atoms with Crippen LogP contribution in [0.25, 0.3) is 0 Å². The van der Waals surface area contributed by atoms with Gasteiger partial charge < -0.3 is 15.3 Å². The number of aliphatic hydroxyl groups excluding tert-OH is 1. The number of carbonyl (C=O) groups is 1. The summed E-state index contributed by atoms with van der Waals surface area (Å²) >= 11 is 0. The number of urea groups is 1. The number of piperidine rings is 1. The number of nitrogens with zero attached hydrogens (tertiary/aromatic N) is 1. The molecule has 4 heteroatoms.